The molecule has 0 bridgehead atoms. The summed E-state index contributed by atoms with van der Waals surface area (Å²) in [6.07, 6.45) is 1.25. The van der Waals surface area contributed by atoms with E-state index in [1.54, 1.807) is 0 Å². The van der Waals surface area contributed by atoms with Gasteiger partial charge in [-0.3, -0.25) is 0 Å². The molecule has 3 heteroatoms. The largest absolute Gasteiger partial charge is 0.323 e. The first kappa shape index (κ1) is 5.59. The molecule has 0 aromatic heterocycles. The highest BCUT2D eigenvalue weighted by Gasteiger charge is 2.64. The van der Waals surface area contributed by atoms with Gasteiger partial charge in [0.15, 0.2) is 0 Å². The van der Waals surface area contributed by atoms with Crippen molar-refractivity contribution >= 4 is 0 Å². The van der Waals surface area contributed by atoms with Crippen LogP contribution >= 0.6 is 0 Å². The minimum absolute atomic E-state index is 0.259. The van der Waals surface area contributed by atoms with Crippen molar-refractivity contribution in [1.82, 2.24) is 0 Å². The summed E-state index contributed by atoms with van der Waals surface area (Å²) in [5, 5.41) is 0. The molecular formula is C6H9F2N. The Kier molecular flexibility index (Phi) is 0.799. The van der Waals surface area contributed by atoms with E-state index in [4.69, 9.17) is 5.73 Å². The highest BCUT2D eigenvalue weighted by atomic mass is 19.3. The van der Waals surface area contributed by atoms with Gasteiger partial charge in [0, 0.05) is 5.92 Å². The third-order valence-corrected chi connectivity index (χ3v) is 2.47. The van der Waals surface area contributed by atoms with Crippen molar-refractivity contribution < 1.29 is 8.78 Å². The molecule has 3 unspecified atom stereocenters. The van der Waals surface area contributed by atoms with Crippen LogP contribution in [0.1, 0.15) is 12.8 Å². The van der Waals surface area contributed by atoms with Gasteiger partial charge in [0.05, 0.1) is 6.04 Å². The molecule has 3 atom stereocenters. The predicted molar refractivity (Wildman–Crippen MR) is 29.1 cm³/mol. The SMILES string of the molecule is NC1CC2CC2C1(F)F. The van der Waals surface area contributed by atoms with Crippen LogP contribution in [0.15, 0.2) is 0 Å². The number of hydrogen-bond acceptors (Lipinski definition) is 1. The van der Waals surface area contributed by atoms with Crippen molar-refractivity contribution in [3.8, 4) is 0 Å². The first-order valence-electron chi connectivity index (χ1n) is 3.25. The van der Waals surface area contributed by atoms with Gasteiger partial charge in [0.2, 0.25) is 0 Å². The molecule has 9 heavy (non-hydrogen) atoms. The van der Waals surface area contributed by atoms with E-state index in [2.05, 4.69) is 0 Å². The van der Waals surface area contributed by atoms with Crippen LogP contribution in [0.4, 0.5) is 8.78 Å². The van der Waals surface area contributed by atoms with E-state index >= 15 is 0 Å². The molecule has 2 aliphatic rings. The lowest BCUT2D eigenvalue weighted by atomic mass is 10.1. The normalized spacial score (nSPS) is 53.0. The monoisotopic (exact) mass is 133 g/mol. The van der Waals surface area contributed by atoms with E-state index in [1.165, 1.54) is 0 Å². The average Bonchev–Trinajstić information content (AvgIpc) is 2.41. The number of fused-ring (bicyclic) bond motifs is 1. The van der Waals surface area contributed by atoms with Gasteiger partial charge in [-0.25, -0.2) is 8.78 Å². The van der Waals surface area contributed by atoms with Crippen molar-refractivity contribution in [2.24, 2.45) is 17.6 Å². The molecule has 0 amide bonds. The Balaban J connectivity index is 2.20. The maximum atomic E-state index is 12.6. The van der Waals surface area contributed by atoms with Crippen LogP contribution in [0.5, 0.6) is 0 Å². The number of hydrogen-bond donors (Lipinski definition) is 1. The van der Waals surface area contributed by atoms with Gasteiger partial charge in [-0.1, -0.05) is 0 Å². The lowest BCUT2D eigenvalue weighted by Gasteiger charge is -2.16. The molecule has 2 N–H and O–H groups in total. The van der Waals surface area contributed by atoms with Gasteiger partial charge in [-0.05, 0) is 18.8 Å². The van der Waals surface area contributed by atoms with E-state index in [9.17, 15) is 8.78 Å². The van der Waals surface area contributed by atoms with Crippen molar-refractivity contribution in [3.63, 3.8) is 0 Å². The second kappa shape index (κ2) is 1.29. The second-order valence-corrected chi connectivity index (χ2v) is 3.12. The maximum absolute atomic E-state index is 12.6. The fourth-order valence-electron chi connectivity index (χ4n) is 1.74. The van der Waals surface area contributed by atoms with Gasteiger partial charge in [0.25, 0.3) is 5.92 Å². The zero-order chi connectivity index (χ0) is 6.65. The van der Waals surface area contributed by atoms with Gasteiger partial charge in [-0.15, -0.1) is 0 Å². The Labute approximate surface area is 52.2 Å². The third-order valence-electron chi connectivity index (χ3n) is 2.47. The van der Waals surface area contributed by atoms with Crippen LogP contribution in [0.25, 0.3) is 0 Å². The summed E-state index contributed by atoms with van der Waals surface area (Å²) in [5.41, 5.74) is 5.18. The zero-order valence-electron chi connectivity index (χ0n) is 4.98. The van der Waals surface area contributed by atoms with Crippen molar-refractivity contribution in [3.05, 3.63) is 0 Å². The molecule has 52 valence electrons. The first-order chi connectivity index (χ1) is 4.12. The number of alkyl halides is 2. The van der Waals surface area contributed by atoms with Crippen LogP contribution < -0.4 is 5.73 Å². The van der Waals surface area contributed by atoms with E-state index in [1.807, 2.05) is 0 Å². The Morgan fingerprint density at radius 2 is 2.00 bits per heavy atom. The van der Waals surface area contributed by atoms with E-state index < -0.39 is 12.0 Å². The van der Waals surface area contributed by atoms with Crippen LogP contribution in [-0.4, -0.2) is 12.0 Å². The zero-order valence-corrected chi connectivity index (χ0v) is 4.98. The van der Waals surface area contributed by atoms with Crippen molar-refractivity contribution in [2.75, 3.05) is 0 Å². The van der Waals surface area contributed by atoms with Crippen LogP contribution in [0.3, 0.4) is 0 Å². The lowest BCUT2D eigenvalue weighted by Crippen LogP contribution is -2.38. The fourth-order valence-corrected chi connectivity index (χ4v) is 1.74. The minimum atomic E-state index is -2.54. The third kappa shape index (κ3) is 0.556. The van der Waals surface area contributed by atoms with Crippen LogP contribution in [-0.2, 0) is 0 Å². The molecule has 1 nitrogen and oxygen atoms in total. The van der Waals surface area contributed by atoms with Crippen molar-refractivity contribution in [1.29, 1.82) is 0 Å². The number of rotatable bonds is 0. The summed E-state index contributed by atoms with van der Waals surface area (Å²) in [4.78, 5) is 0. The van der Waals surface area contributed by atoms with E-state index in [0.717, 1.165) is 0 Å². The molecule has 0 spiro atoms. The number of halogens is 2. The maximum Gasteiger partial charge on any atom is 0.265 e. The highest BCUT2D eigenvalue weighted by Crippen LogP contribution is 2.59. The lowest BCUT2D eigenvalue weighted by molar-refractivity contribution is -0.0298. The van der Waals surface area contributed by atoms with Gasteiger partial charge < -0.3 is 5.73 Å². The standard InChI is InChI=1S/C6H9F2N/c7-6(8)4-1-3(4)2-5(6)9/h3-5H,1-2,9H2. The quantitative estimate of drug-likeness (QED) is 0.524. The topological polar surface area (TPSA) is 26.0 Å². The van der Waals surface area contributed by atoms with Crippen LogP contribution in [0.2, 0.25) is 0 Å². The summed E-state index contributed by atoms with van der Waals surface area (Å²) >= 11 is 0. The Morgan fingerprint density at radius 3 is 2.22 bits per heavy atom. The predicted octanol–water partition coefficient (Wildman–Crippen LogP) is 0.989. The summed E-state index contributed by atoms with van der Waals surface area (Å²) in [6, 6.07) is -0.846. The van der Waals surface area contributed by atoms with E-state index in [-0.39, 0.29) is 11.8 Å². The molecule has 0 aromatic rings. The molecular weight excluding hydrogens is 124 g/mol. The smallest absolute Gasteiger partial charge is 0.265 e. The fraction of sp³-hybridized carbons (Fsp3) is 1.00. The van der Waals surface area contributed by atoms with Gasteiger partial charge in [0.1, 0.15) is 0 Å². The summed E-state index contributed by atoms with van der Waals surface area (Å²) in [7, 11) is 0. The summed E-state index contributed by atoms with van der Waals surface area (Å²) in [5.74, 6) is -2.63. The molecule has 2 saturated carbocycles. The first-order valence-corrected chi connectivity index (χ1v) is 3.25. The Morgan fingerprint density at radius 1 is 1.33 bits per heavy atom. The second-order valence-electron chi connectivity index (χ2n) is 3.12. The molecule has 0 saturated heterocycles. The molecule has 0 heterocycles. The highest BCUT2D eigenvalue weighted by molar-refractivity contribution is 5.09. The summed E-state index contributed by atoms with van der Waals surface area (Å²) < 4.78 is 25.3. The number of nitrogens with two attached hydrogens (primary N) is 1. The molecule has 2 aliphatic carbocycles. The van der Waals surface area contributed by atoms with Crippen LogP contribution in [0, 0.1) is 11.8 Å². The van der Waals surface area contributed by atoms with E-state index in [0.29, 0.717) is 12.8 Å². The molecule has 2 fully saturated rings. The minimum Gasteiger partial charge on any atom is -0.323 e. The summed E-state index contributed by atoms with van der Waals surface area (Å²) in [6.45, 7) is 0. The molecule has 0 radical (unpaired) electrons. The van der Waals surface area contributed by atoms with Gasteiger partial charge in [-0.2, -0.15) is 0 Å². The Hall–Kier alpha value is -0.180. The average molecular weight is 133 g/mol. The molecule has 0 aromatic carbocycles. The molecule has 2 rings (SSSR count). The Bertz CT molecular complexity index is 142. The van der Waals surface area contributed by atoms with Gasteiger partial charge >= 0.3 is 0 Å². The van der Waals surface area contributed by atoms with Crippen molar-refractivity contribution in [2.45, 2.75) is 24.8 Å². The molecule has 0 aliphatic heterocycles.